The molecule has 14 heavy (non-hydrogen) atoms. The van der Waals surface area contributed by atoms with E-state index in [4.69, 9.17) is 10.5 Å². The van der Waals surface area contributed by atoms with Gasteiger partial charge < -0.3 is 10.5 Å². The Labute approximate surface area is 88.2 Å². The fraction of sp³-hybridized carbons (Fsp3) is 1.00. The molecule has 0 aliphatic heterocycles. The van der Waals surface area contributed by atoms with Gasteiger partial charge in [-0.15, -0.1) is 0 Å². The van der Waals surface area contributed by atoms with E-state index in [1.165, 1.54) is 32.1 Å². The van der Waals surface area contributed by atoms with E-state index in [1.807, 2.05) is 0 Å². The summed E-state index contributed by atoms with van der Waals surface area (Å²) in [4.78, 5) is 0. The second-order valence-electron chi connectivity index (χ2n) is 4.64. The van der Waals surface area contributed by atoms with Crippen molar-refractivity contribution in [1.82, 2.24) is 0 Å². The molecule has 0 aromatic heterocycles. The molecule has 1 aliphatic rings. The van der Waals surface area contributed by atoms with Crippen molar-refractivity contribution >= 4 is 0 Å². The number of nitrogens with two attached hydrogens (primary N) is 1. The third kappa shape index (κ3) is 3.97. The van der Waals surface area contributed by atoms with Crippen LogP contribution in [-0.2, 0) is 4.74 Å². The molecule has 1 saturated carbocycles. The van der Waals surface area contributed by atoms with E-state index in [0.29, 0.717) is 12.0 Å². The highest BCUT2D eigenvalue weighted by molar-refractivity contribution is 4.70. The van der Waals surface area contributed by atoms with E-state index in [1.54, 1.807) is 0 Å². The second kappa shape index (κ2) is 6.41. The van der Waals surface area contributed by atoms with Crippen molar-refractivity contribution in [2.75, 3.05) is 6.61 Å². The first-order valence-corrected chi connectivity index (χ1v) is 6.11. The van der Waals surface area contributed by atoms with Crippen LogP contribution in [0.15, 0.2) is 0 Å². The molecule has 2 atom stereocenters. The summed E-state index contributed by atoms with van der Waals surface area (Å²) in [5.74, 6) is 0.582. The normalized spacial score (nSPS) is 23.4. The predicted molar refractivity (Wildman–Crippen MR) is 60.3 cm³/mol. The van der Waals surface area contributed by atoms with Crippen molar-refractivity contribution in [3.8, 4) is 0 Å². The van der Waals surface area contributed by atoms with E-state index in [9.17, 15) is 0 Å². The Kier molecular flexibility index (Phi) is 5.49. The molecule has 1 fully saturated rings. The molecule has 2 nitrogen and oxygen atoms in total. The molecule has 1 rings (SSSR count). The van der Waals surface area contributed by atoms with Crippen LogP contribution >= 0.6 is 0 Å². The van der Waals surface area contributed by atoms with Crippen molar-refractivity contribution in [2.45, 2.75) is 64.5 Å². The van der Waals surface area contributed by atoms with Gasteiger partial charge >= 0.3 is 0 Å². The zero-order chi connectivity index (χ0) is 10.4. The SMILES string of the molecule is CCC(C)C(N)COC1CCCCC1. The van der Waals surface area contributed by atoms with Crippen LogP contribution in [0.5, 0.6) is 0 Å². The van der Waals surface area contributed by atoms with Crippen LogP contribution in [0.4, 0.5) is 0 Å². The molecule has 2 heteroatoms. The van der Waals surface area contributed by atoms with Crippen molar-refractivity contribution in [2.24, 2.45) is 11.7 Å². The Morgan fingerprint density at radius 1 is 1.29 bits per heavy atom. The minimum atomic E-state index is 0.224. The van der Waals surface area contributed by atoms with Crippen molar-refractivity contribution in [1.29, 1.82) is 0 Å². The summed E-state index contributed by atoms with van der Waals surface area (Å²) in [5.41, 5.74) is 6.02. The molecule has 0 aromatic carbocycles. The standard InChI is InChI=1S/C12H25NO/c1-3-10(2)12(13)9-14-11-7-5-4-6-8-11/h10-12H,3-9,13H2,1-2H3. The van der Waals surface area contributed by atoms with Gasteiger partial charge in [0.15, 0.2) is 0 Å². The van der Waals surface area contributed by atoms with Gasteiger partial charge in [0.25, 0.3) is 0 Å². The van der Waals surface area contributed by atoms with Gasteiger partial charge in [-0.1, -0.05) is 39.5 Å². The Morgan fingerprint density at radius 2 is 1.93 bits per heavy atom. The van der Waals surface area contributed by atoms with Gasteiger partial charge in [-0.3, -0.25) is 0 Å². The summed E-state index contributed by atoms with van der Waals surface area (Å²) >= 11 is 0. The summed E-state index contributed by atoms with van der Waals surface area (Å²) in [6.07, 6.45) is 8.19. The van der Waals surface area contributed by atoms with Crippen molar-refractivity contribution in [3.63, 3.8) is 0 Å². The second-order valence-corrected chi connectivity index (χ2v) is 4.64. The lowest BCUT2D eigenvalue weighted by atomic mass is 9.97. The Bertz CT molecular complexity index is 141. The highest BCUT2D eigenvalue weighted by Gasteiger charge is 2.17. The molecular weight excluding hydrogens is 174 g/mol. The average molecular weight is 199 g/mol. The Morgan fingerprint density at radius 3 is 2.50 bits per heavy atom. The van der Waals surface area contributed by atoms with Crippen LogP contribution < -0.4 is 5.73 Å². The number of ether oxygens (including phenoxy) is 1. The molecule has 0 spiro atoms. The molecule has 0 amide bonds. The van der Waals surface area contributed by atoms with Crippen molar-refractivity contribution < 1.29 is 4.74 Å². The molecule has 0 radical (unpaired) electrons. The zero-order valence-electron chi connectivity index (χ0n) is 9.67. The third-order valence-electron chi connectivity index (χ3n) is 3.45. The summed E-state index contributed by atoms with van der Waals surface area (Å²) in [6.45, 7) is 5.14. The smallest absolute Gasteiger partial charge is 0.0623 e. The molecule has 0 bridgehead atoms. The lowest BCUT2D eigenvalue weighted by Gasteiger charge is -2.25. The van der Waals surface area contributed by atoms with E-state index < -0.39 is 0 Å². The van der Waals surface area contributed by atoms with E-state index >= 15 is 0 Å². The summed E-state index contributed by atoms with van der Waals surface area (Å²) in [6, 6.07) is 0.224. The molecule has 1 aliphatic carbocycles. The minimum Gasteiger partial charge on any atom is -0.377 e. The van der Waals surface area contributed by atoms with Crippen LogP contribution in [0, 0.1) is 5.92 Å². The largest absolute Gasteiger partial charge is 0.377 e. The average Bonchev–Trinajstić information content (AvgIpc) is 2.26. The fourth-order valence-electron chi connectivity index (χ4n) is 1.95. The Balaban J connectivity index is 2.12. The van der Waals surface area contributed by atoms with Gasteiger partial charge in [0.05, 0.1) is 12.7 Å². The molecular formula is C12H25NO. The maximum atomic E-state index is 6.02. The highest BCUT2D eigenvalue weighted by atomic mass is 16.5. The topological polar surface area (TPSA) is 35.2 Å². The Hall–Kier alpha value is -0.0800. The number of rotatable bonds is 5. The van der Waals surface area contributed by atoms with Crippen LogP contribution in [-0.4, -0.2) is 18.8 Å². The van der Waals surface area contributed by atoms with Gasteiger partial charge in [0, 0.05) is 6.04 Å². The summed E-state index contributed by atoms with van der Waals surface area (Å²) in [5, 5.41) is 0. The van der Waals surface area contributed by atoms with Gasteiger partial charge in [0.2, 0.25) is 0 Å². The lowest BCUT2D eigenvalue weighted by Crippen LogP contribution is -2.35. The molecule has 0 aromatic rings. The first kappa shape index (κ1) is 12.0. The summed E-state index contributed by atoms with van der Waals surface area (Å²) < 4.78 is 5.84. The quantitative estimate of drug-likeness (QED) is 0.739. The van der Waals surface area contributed by atoms with Gasteiger partial charge in [-0.2, -0.15) is 0 Å². The molecule has 0 saturated heterocycles. The maximum absolute atomic E-state index is 6.02. The lowest BCUT2D eigenvalue weighted by molar-refractivity contribution is 0.0141. The van der Waals surface area contributed by atoms with E-state index in [-0.39, 0.29) is 6.04 Å². The molecule has 2 N–H and O–H groups in total. The zero-order valence-corrected chi connectivity index (χ0v) is 9.67. The van der Waals surface area contributed by atoms with Crippen LogP contribution in [0.25, 0.3) is 0 Å². The minimum absolute atomic E-state index is 0.224. The maximum Gasteiger partial charge on any atom is 0.0623 e. The van der Waals surface area contributed by atoms with Crippen molar-refractivity contribution in [3.05, 3.63) is 0 Å². The van der Waals surface area contributed by atoms with Gasteiger partial charge in [-0.05, 0) is 18.8 Å². The first-order valence-electron chi connectivity index (χ1n) is 6.11. The summed E-state index contributed by atoms with van der Waals surface area (Å²) in [7, 11) is 0. The highest BCUT2D eigenvalue weighted by Crippen LogP contribution is 2.20. The van der Waals surface area contributed by atoms with E-state index in [2.05, 4.69) is 13.8 Å². The molecule has 0 heterocycles. The predicted octanol–water partition coefficient (Wildman–Crippen LogP) is 2.71. The first-order chi connectivity index (χ1) is 6.74. The van der Waals surface area contributed by atoms with Gasteiger partial charge in [0.1, 0.15) is 0 Å². The van der Waals surface area contributed by atoms with Crippen LogP contribution in [0.1, 0.15) is 52.4 Å². The molecule has 2 unspecified atom stereocenters. The number of hydrogen-bond acceptors (Lipinski definition) is 2. The van der Waals surface area contributed by atoms with Crippen LogP contribution in [0.3, 0.4) is 0 Å². The molecule has 84 valence electrons. The van der Waals surface area contributed by atoms with Gasteiger partial charge in [-0.25, -0.2) is 0 Å². The van der Waals surface area contributed by atoms with E-state index in [0.717, 1.165) is 13.0 Å². The van der Waals surface area contributed by atoms with Crippen LogP contribution in [0.2, 0.25) is 0 Å². The third-order valence-corrected chi connectivity index (χ3v) is 3.45. The number of hydrogen-bond donors (Lipinski definition) is 1. The monoisotopic (exact) mass is 199 g/mol. The fourth-order valence-corrected chi connectivity index (χ4v) is 1.95.